The zero-order valence-corrected chi connectivity index (χ0v) is 12.9. The lowest BCUT2D eigenvalue weighted by Gasteiger charge is -2.21. The van der Waals surface area contributed by atoms with Gasteiger partial charge in [-0.1, -0.05) is 44.2 Å². The van der Waals surface area contributed by atoms with E-state index in [0.717, 1.165) is 5.22 Å². The van der Waals surface area contributed by atoms with Crippen LogP contribution in [0.5, 0.6) is 0 Å². The molecule has 0 saturated heterocycles. The van der Waals surface area contributed by atoms with E-state index in [1.807, 2.05) is 38.1 Å². The molecule has 0 radical (unpaired) electrons. The Hall–Kier alpha value is -1.59. The summed E-state index contributed by atoms with van der Waals surface area (Å²) in [6.07, 6.45) is 2.80. The van der Waals surface area contributed by atoms with Crippen LogP contribution in [0.2, 0.25) is 0 Å². The summed E-state index contributed by atoms with van der Waals surface area (Å²) < 4.78 is 29.5. The number of hydrogen-bond acceptors (Lipinski definition) is 4. The molecule has 110 valence electrons. The monoisotopic (exact) mass is 295 g/mol. The zero-order valence-electron chi connectivity index (χ0n) is 12.1. The first-order valence-electron chi connectivity index (χ1n) is 6.52. The van der Waals surface area contributed by atoms with E-state index >= 15 is 0 Å². The third-order valence-electron chi connectivity index (χ3n) is 2.71. The van der Waals surface area contributed by atoms with Crippen LogP contribution in [0.1, 0.15) is 13.8 Å². The second kappa shape index (κ2) is 7.26. The Morgan fingerprint density at radius 1 is 1.35 bits per heavy atom. The molecule has 4 nitrogen and oxygen atoms in total. The van der Waals surface area contributed by atoms with E-state index in [0.29, 0.717) is 5.22 Å². The van der Waals surface area contributed by atoms with E-state index in [-0.39, 0.29) is 10.8 Å². The summed E-state index contributed by atoms with van der Waals surface area (Å²) in [7, 11) is -1.87. The van der Waals surface area contributed by atoms with Crippen LogP contribution in [0, 0.1) is 0 Å². The van der Waals surface area contributed by atoms with Gasteiger partial charge in [0.1, 0.15) is 11.3 Å². The van der Waals surface area contributed by atoms with Crippen molar-refractivity contribution in [3.05, 3.63) is 47.4 Å². The van der Waals surface area contributed by atoms with Gasteiger partial charge in [-0.3, -0.25) is 0 Å². The largest absolute Gasteiger partial charge is 0.358 e. The highest BCUT2D eigenvalue weighted by molar-refractivity contribution is 8.00. The number of methoxy groups -OCH3 is 1. The van der Waals surface area contributed by atoms with Crippen LogP contribution in [-0.2, 0) is 14.6 Å². The van der Waals surface area contributed by atoms with Gasteiger partial charge in [-0.2, -0.15) is 0 Å². The van der Waals surface area contributed by atoms with Crippen LogP contribution in [0.15, 0.2) is 36.9 Å². The standard InChI is InChI=1S/C13H15NO3S.C2H6/c1-3-8-18(15,16)13-11-7-5-4-6-10(11)9-12(14-13)17-2;1-2/h3-7,9,12,14H,1,8H2,2H3;1-2H3. The Bertz CT molecular complexity index is 677. The third-order valence-corrected chi connectivity index (χ3v) is 4.35. The number of hydrogen-bond donors (Lipinski definition) is 1. The van der Waals surface area contributed by atoms with Crippen molar-refractivity contribution in [1.29, 1.82) is 0 Å². The van der Waals surface area contributed by atoms with Crippen molar-refractivity contribution in [1.82, 2.24) is 5.32 Å². The molecule has 0 saturated carbocycles. The van der Waals surface area contributed by atoms with Gasteiger partial charge in [0.15, 0.2) is 9.84 Å². The van der Waals surface area contributed by atoms with Gasteiger partial charge < -0.3 is 10.1 Å². The maximum absolute atomic E-state index is 12.2. The minimum atomic E-state index is -3.40. The number of nitrogens with one attached hydrogen (secondary N) is 1. The molecule has 0 amide bonds. The summed E-state index contributed by atoms with van der Waals surface area (Å²) in [5, 5.41) is 4.62. The fourth-order valence-electron chi connectivity index (χ4n) is 1.88. The average Bonchev–Trinajstić information content (AvgIpc) is 2.48. The van der Waals surface area contributed by atoms with Gasteiger partial charge >= 0.3 is 0 Å². The molecule has 1 heterocycles. The Morgan fingerprint density at radius 3 is 2.60 bits per heavy atom. The number of benzene rings is 1. The highest BCUT2D eigenvalue weighted by atomic mass is 32.2. The smallest absolute Gasteiger partial charge is 0.197 e. The lowest BCUT2D eigenvalue weighted by Crippen LogP contribution is -2.45. The first kappa shape index (κ1) is 16.5. The predicted octanol–water partition coefficient (Wildman–Crippen LogP) is 0.736. The SMILES string of the molecule is C=CCS(=O)(=O)C1=c2ccccc2=CC(OC)N1.CC. The molecule has 2 rings (SSSR count). The van der Waals surface area contributed by atoms with Crippen LogP contribution < -0.4 is 15.8 Å². The molecule has 0 aliphatic carbocycles. The first-order chi connectivity index (χ1) is 9.58. The van der Waals surface area contributed by atoms with Gasteiger partial charge in [0.2, 0.25) is 0 Å². The van der Waals surface area contributed by atoms with Gasteiger partial charge in [-0.25, -0.2) is 8.42 Å². The van der Waals surface area contributed by atoms with Gasteiger partial charge in [-0.05, 0) is 11.3 Å². The number of ether oxygens (including phenoxy) is 1. The summed E-state index contributed by atoms with van der Waals surface area (Å²) in [6, 6.07) is 7.32. The van der Waals surface area contributed by atoms with Gasteiger partial charge in [0.05, 0.1) is 5.75 Å². The van der Waals surface area contributed by atoms with Crippen LogP contribution in [-0.4, -0.2) is 27.5 Å². The zero-order chi connectivity index (χ0) is 15.2. The molecule has 1 aliphatic heterocycles. The molecule has 20 heavy (non-hydrogen) atoms. The molecule has 1 aromatic carbocycles. The number of sulfone groups is 1. The van der Waals surface area contributed by atoms with Crippen LogP contribution in [0.25, 0.3) is 11.1 Å². The van der Waals surface area contributed by atoms with E-state index in [1.165, 1.54) is 13.2 Å². The van der Waals surface area contributed by atoms with E-state index in [1.54, 1.807) is 6.07 Å². The van der Waals surface area contributed by atoms with E-state index < -0.39 is 16.1 Å². The summed E-state index contributed by atoms with van der Waals surface area (Å²) >= 11 is 0. The fraction of sp³-hybridized carbons (Fsp3) is 0.333. The minimum Gasteiger partial charge on any atom is -0.358 e. The topological polar surface area (TPSA) is 55.4 Å². The van der Waals surface area contributed by atoms with Crippen LogP contribution in [0.4, 0.5) is 0 Å². The van der Waals surface area contributed by atoms with Crippen molar-refractivity contribution in [2.75, 3.05) is 12.9 Å². The lowest BCUT2D eigenvalue weighted by atomic mass is 10.2. The summed E-state index contributed by atoms with van der Waals surface area (Å²) in [4.78, 5) is 0. The number of rotatable bonds is 4. The highest BCUT2D eigenvalue weighted by Gasteiger charge is 2.22. The second-order valence-corrected chi connectivity index (χ2v) is 5.92. The van der Waals surface area contributed by atoms with Crippen molar-refractivity contribution in [3.63, 3.8) is 0 Å². The van der Waals surface area contributed by atoms with Crippen molar-refractivity contribution < 1.29 is 13.2 Å². The Morgan fingerprint density at radius 2 is 2.00 bits per heavy atom. The predicted molar refractivity (Wildman–Crippen MR) is 82.8 cm³/mol. The molecule has 0 bridgehead atoms. The highest BCUT2D eigenvalue weighted by Crippen LogP contribution is 2.08. The maximum atomic E-state index is 12.2. The molecule has 5 heteroatoms. The summed E-state index contributed by atoms with van der Waals surface area (Å²) in [6.45, 7) is 7.48. The maximum Gasteiger partial charge on any atom is 0.197 e. The van der Waals surface area contributed by atoms with Crippen molar-refractivity contribution in [3.8, 4) is 0 Å². The van der Waals surface area contributed by atoms with Gasteiger partial charge in [0.25, 0.3) is 0 Å². The molecule has 1 aromatic rings. The average molecular weight is 295 g/mol. The quantitative estimate of drug-likeness (QED) is 0.832. The molecule has 1 unspecified atom stereocenters. The minimum absolute atomic E-state index is 0.0971. The summed E-state index contributed by atoms with van der Waals surface area (Å²) in [5.74, 6) is -0.0971. The van der Waals surface area contributed by atoms with Crippen molar-refractivity contribution in [2.24, 2.45) is 0 Å². The van der Waals surface area contributed by atoms with Crippen molar-refractivity contribution in [2.45, 2.75) is 20.1 Å². The Kier molecular flexibility index (Phi) is 5.98. The molecule has 1 atom stereocenters. The lowest BCUT2D eigenvalue weighted by molar-refractivity contribution is 0.139. The number of fused-ring (bicyclic) bond motifs is 1. The molecule has 0 fully saturated rings. The van der Waals surface area contributed by atoms with Crippen LogP contribution in [0.3, 0.4) is 0 Å². The van der Waals surface area contributed by atoms with E-state index in [2.05, 4.69) is 11.9 Å². The second-order valence-electron chi connectivity index (χ2n) is 3.95. The molecule has 1 aliphatic rings. The first-order valence-corrected chi connectivity index (χ1v) is 8.18. The normalized spacial score (nSPS) is 16.9. The fourth-order valence-corrected chi connectivity index (χ4v) is 3.18. The molecule has 0 aromatic heterocycles. The molecular formula is C15H21NO3S. The van der Waals surface area contributed by atoms with Gasteiger partial charge in [0, 0.05) is 12.3 Å². The summed E-state index contributed by atoms with van der Waals surface area (Å²) in [5.41, 5.74) is 0. The van der Waals surface area contributed by atoms with Crippen molar-refractivity contribution >= 4 is 20.9 Å². The van der Waals surface area contributed by atoms with E-state index in [4.69, 9.17) is 4.74 Å². The van der Waals surface area contributed by atoms with Gasteiger partial charge in [-0.15, -0.1) is 6.58 Å². The Balaban J connectivity index is 0.000000956. The van der Waals surface area contributed by atoms with E-state index in [9.17, 15) is 8.42 Å². The third kappa shape index (κ3) is 3.49. The molecule has 0 spiro atoms. The van der Waals surface area contributed by atoms with Crippen LogP contribution >= 0.6 is 0 Å². The molecule has 1 N–H and O–H groups in total. The molecular weight excluding hydrogens is 274 g/mol. The Labute approximate surface area is 120 Å².